The Bertz CT molecular complexity index is 685. The molecule has 25 heavy (non-hydrogen) atoms. The number of aliphatic hydroxyl groups excluding tert-OH is 1. The number of nitrogens with zero attached hydrogens (tertiary/aromatic N) is 1. The van der Waals surface area contributed by atoms with Crippen molar-refractivity contribution in [2.75, 3.05) is 6.54 Å². The van der Waals surface area contributed by atoms with Gasteiger partial charge in [-0.05, 0) is 42.1 Å². The summed E-state index contributed by atoms with van der Waals surface area (Å²) in [5.41, 5.74) is 1.39. The van der Waals surface area contributed by atoms with Gasteiger partial charge in [-0.1, -0.05) is 56.3 Å². The smallest absolute Gasteiger partial charge is 0.123 e. The van der Waals surface area contributed by atoms with Crippen LogP contribution in [0.5, 0.6) is 0 Å². The Labute approximate surface area is 150 Å². The Morgan fingerprint density at radius 3 is 2.72 bits per heavy atom. The van der Waals surface area contributed by atoms with Gasteiger partial charge in [-0.15, -0.1) is 0 Å². The van der Waals surface area contributed by atoms with Gasteiger partial charge in [-0.2, -0.15) is 0 Å². The Morgan fingerprint density at radius 1 is 1.20 bits per heavy atom. The lowest BCUT2D eigenvalue weighted by atomic mass is 9.45. The summed E-state index contributed by atoms with van der Waals surface area (Å²) in [4.78, 5) is 2.53. The topological polar surface area (TPSA) is 36.0 Å². The zero-order valence-electron chi connectivity index (χ0n) is 15.3. The van der Waals surface area contributed by atoms with Gasteiger partial charge in [0, 0.05) is 19.1 Å². The third-order valence-electron chi connectivity index (χ3n) is 7.70. The van der Waals surface area contributed by atoms with Crippen LogP contribution in [-0.2, 0) is 11.3 Å². The van der Waals surface area contributed by atoms with Crippen molar-refractivity contribution in [2.45, 2.75) is 63.5 Å². The van der Waals surface area contributed by atoms with E-state index in [1.54, 1.807) is 0 Å². The van der Waals surface area contributed by atoms with Gasteiger partial charge < -0.3 is 9.84 Å². The number of hydrogen-bond donors (Lipinski definition) is 1. The fourth-order valence-electron chi connectivity index (χ4n) is 5.84. The van der Waals surface area contributed by atoms with Crippen LogP contribution in [0.2, 0.25) is 0 Å². The Balaban J connectivity index is 1.34. The fourth-order valence-corrected chi connectivity index (χ4v) is 5.84. The fraction of sp³-hybridized carbons (Fsp3) is 0.636. The molecular formula is C22H29NO2. The van der Waals surface area contributed by atoms with E-state index in [0.717, 1.165) is 25.9 Å². The normalized spacial score (nSPS) is 44.5. The van der Waals surface area contributed by atoms with E-state index in [2.05, 4.69) is 61.2 Å². The van der Waals surface area contributed by atoms with Crippen LogP contribution in [-0.4, -0.2) is 40.4 Å². The quantitative estimate of drug-likeness (QED) is 0.677. The minimum Gasteiger partial charge on any atom is -0.390 e. The van der Waals surface area contributed by atoms with Crippen molar-refractivity contribution in [3.63, 3.8) is 0 Å². The molecule has 0 aromatic heterocycles. The predicted molar refractivity (Wildman–Crippen MR) is 98.0 cm³/mol. The predicted octanol–water partition coefficient (Wildman–Crippen LogP) is 3.38. The van der Waals surface area contributed by atoms with E-state index in [4.69, 9.17) is 4.74 Å². The first-order valence-electron chi connectivity index (χ1n) is 9.81. The lowest BCUT2D eigenvalue weighted by Crippen LogP contribution is -2.63. The van der Waals surface area contributed by atoms with Gasteiger partial charge >= 0.3 is 0 Å². The Hall–Kier alpha value is -1.16. The van der Waals surface area contributed by atoms with E-state index in [1.807, 2.05) is 0 Å². The summed E-state index contributed by atoms with van der Waals surface area (Å²) in [6.07, 6.45) is 7.73. The summed E-state index contributed by atoms with van der Waals surface area (Å²) < 4.78 is 6.33. The van der Waals surface area contributed by atoms with Gasteiger partial charge in [0.15, 0.2) is 0 Å². The van der Waals surface area contributed by atoms with E-state index in [1.165, 1.54) is 12.0 Å². The first-order chi connectivity index (χ1) is 12.0. The summed E-state index contributed by atoms with van der Waals surface area (Å²) in [6, 6.07) is 11.1. The number of epoxide rings is 1. The summed E-state index contributed by atoms with van der Waals surface area (Å²) in [5.74, 6) is 1.13. The summed E-state index contributed by atoms with van der Waals surface area (Å²) >= 11 is 0. The number of rotatable bonds is 3. The second kappa shape index (κ2) is 5.42. The minimum absolute atomic E-state index is 0.192. The van der Waals surface area contributed by atoms with Crippen LogP contribution >= 0.6 is 0 Å². The first kappa shape index (κ1) is 16.0. The Kier molecular flexibility index (Phi) is 3.48. The third-order valence-corrected chi connectivity index (χ3v) is 7.70. The number of aliphatic hydroxyl groups is 1. The standard InChI is InChI=1S/C22H29NO2/c1-21(2)16-12-17(21)19(24)22(13-16)20(25-22)18-10-6-7-11-23(18)14-15-8-4-3-5-9-15/h3-9,16-20,24H,10-14H2,1-2H3/t16-,17?,18?,19+,20-,22-/m1/s1. The molecule has 1 saturated heterocycles. The van der Waals surface area contributed by atoms with Crippen LogP contribution in [0.25, 0.3) is 0 Å². The molecule has 4 fully saturated rings. The van der Waals surface area contributed by atoms with E-state index >= 15 is 0 Å². The van der Waals surface area contributed by atoms with Gasteiger partial charge in [0.2, 0.25) is 0 Å². The number of hydrogen-bond acceptors (Lipinski definition) is 3. The lowest BCUT2D eigenvalue weighted by Gasteiger charge is -2.60. The third kappa shape index (κ3) is 2.29. The molecule has 3 aliphatic carbocycles. The highest BCUT2D eigenvalue weighted by molar-refractivity contribution is 5.25. The molecule has 1 aromatic carbocycles. The van der Waals surface area contributed by atoms with Gasteiger partial charge in [0.25, 0.3) is 0 Å². The average molecular weight is 339 g/mol. The van der Waals surface area contributed by atoms with Crippen LogP contribution in [0.3, 0.4) is 0 Å². The van der Waals surface area contributed by atoms with Gasteiger partial charge in [-0.25, -0.2) is 0 Å². The second-order valence-corrected chi connectivity index (χ2v) is 9.19. The van der Waals surface area contributed by atoms with Crippen molar-refractivity contribution in [1.82, 2.24) is 4.90 Å². The molecule has 2 aliphatic heterocycles. The van der Waals surface area contributed by atoms with Gasteiger partial charge in [-0.3, -0.25) is 4.90 Å². The molecule has 5 aliphatic rings. The monoisotopic (exact) mass is 339 g/mol. The molecule has 0 radical (unpaired) electrons. The molecular weight excluding hydrogens is 310 g/mol. The first-order valence-corrected chi connectivity index (χ1v) is 9.81. The highest BCUT2D eigenvalue weighted by Gasteiger charge is 2.74. The maximum atomic E-state index is 11.1. The van der Waals surface area contributed by atoms with Crippen LogP contribution in [0.4, 0.5) is 0 Å². The number of benzene rings is 1. The molecule has 1 aromatic rings. The molecule has 2 bridgehead atoms. The zero-order chi connectivity index (χ0) is 17.2. The van der Waals surface area contributed by atoms with Crippen molar-refractivity contribution in [3.05, 3.63) is 48.0 Å². The highest BCUT2D eigenvalue weighted by atomic mass is 16.6. The number of ether oxygens (including phenoxy) is 1. The molecule has 6 rings (SSSR count). The second-order valence-electron chi connectivity index (χ2n) is 9.19. The molecule has 1 N–H and O–H groups in total. The van der Waals surface area contributed by atoms with Crippen molar-refractivity contribution < 1.29 is 9.84 Å². The van der Waals surface area contributed by atoms with Crippen LogP contribution < -0.4 is 0 Å². The summed E-state index contributed by atoms with van der Waals surface area (Å²) in [5, 5.41) is 11.1. The van der Waals surface area contributed by atoms with Crippen molar-refractivity contribution in [3.8, 4) is 0 Å². The molecule has 3 saturated carbocycles. The SMILES string of the molecule is CC1(C)C2C[C@@H]1C[C@@]1(O[C@@H]1C1CC=CCN1Cc1ccccc1)[C@H]2O. The zero-order valence-corrected chi connectivity index (χ0v) is 15.3. The van der Waals surface area contributed by atoms with Crippen LogP contribution in [0, 0.1) is 17.3 Å². The van der Waals surface area contributed by atoms with E-state index in [9.17, 15) is 5.11 Å². The highest BCUT2D eigenvalue weighted by Crippen LogP contribution is 2.67. The summed E-state index contributed by atoms with van der Waals surface area (Å²) in [6.45, 7) is 6.58. The van der Waals surface area contributed by atoms with Crippen molar-refractivity contribution in [2.24, 2.45) is 17.3 Å². The molecule has 3 nitrogen and oxygen atoms in total. The Morgan fingerprint density at radius 2 is 2.00 bits per heavy atom. The van der Waals surface area contributed by atoms with Gasteiger partial charge in [0.1, 0.15) is 11.7 Å². The van der Waals surface area contributed by atoms with Crippen molar-refractivity contribution in [1.29, 1.82) is 0 Å². The lowest BCUT2D eigenvalue weighted by molar-refractivity contribution is -0.177. The van der Waals surface area contributed by atoms with Crippen LogP contribution in [0.1, 0.15) is 38.7 Å². The molecule has 1 spiro atoms. The molecule has 3 heteroatoms. The molecule has 0 amide bonds. The van der Waals surface area contributed by atoms with Gasteiger partial charge in [0.05, 0.1) is 6.10 Å². The molecule has 134 valence electrons. The van der Waals surface area contributed by atoms with E-state index in [0.29, 0.717) is 17.9 Å². The van der Waals surface area contributed by atoms with E-state index < -0.39 is 0 Å². The van der Waals surface area contributed by atoms with E-state index in [-0.39, 0.29) is 23.2 Å². The minimum atomic E-state index is -0.290. The molecule has 6 atom stereocenters. The van der Waals surface area contributed by atoms with Crippen molar-refractivity contribution >= 4 is 0 Å². The summed E-state index contributed by atoms with van der Waals surface area (Å²) in [7, 11) is 0. The largest absolute Gasteiger partial charge is 0.390 e. The maximum Gasteiger partial charge on any atom is 0.123 e. The van der Waals surface area contributed by atoms with Crippen LogP contribution in [0.15, 0.2) is 42.5 Å². The molecule has 2 heterocycles. The molecule has 2 unspecified atom stereocenters. The maximum absolute atomic E-state index is 11.1. The average Bonchev–Trinajstić information content (AvgIpc) is 3.33.